The van der Waals surface area contributed by atoms with Gasteiger partial charge in [0, 0.05) is 7.05 Å². The number of nitrogens with one attached hydrogen (secondary N) is 1. The number of furan rings is 2. The van der Waals surface area contributed by atoms with E-state index in [4.69, 9.17) is 13.9 Å². The summed E-state index contributed by atoms with van der Waals surface area (Å²) in [5.74, 6) is -0.831. The third kappa shape index (κ3) is 2.80. The monoisotopic (exact) mass is 345 g/mol. The van der Waals surface area contributed by atoms with Crippen molar-refractivity contribution in [2.45, 2.75) is 20.4 Å². The minimum Gasteiger partial charge on any atom is -0.478 e. The molecule has 9 nitrogen and oxygen atoms in total. The lowest BCUT2D eigenvalue weighted by Crippen LogP contribution is -2.25. The molecule has 3 heterocycles. The second kappa shape index (κ2) is 5.93. The molecular weight excluding hydrogens is 330 g/mol. The van der Waals surface area contributed by atoms with Gasteiger partial charge in [0.15, 0.2) is 0 Å². The summed E-state index contributed by atoms with van der Waals surface area (Å²) in [5, 5.41) is 11.7. The van der Waals surface area contributed by atoms with E-state index in [0.717, 1.165) is 0 Å². The Bertz CT molecular complexity index is 1060. The average molecular weight is 345 g/mol. The molecule has 0 aromatic carbocycles. The molecule has 0 unspecified atom stereocenters. The average Bonchev–Trinajstić information content (AvgIpc) is 3.09. The first-order valence-corrected chi connectivity index (χ1v) is 7.35. The first-order valence-electron chi connectivity index (χ1n) is 7.35. The van der Waals surface area contributed by atoms with E-state index in [0.29, 0.717) is 5.76 Å². The smallest absolute Gasteiger partial charge is 0.339 e. The maximum atomic E-state index is 12.5. The fraction of sp³-hybridized carbons (Fsp3) is 0.250. The summed E-state index contributed by atoms with van der Waals surface area (Å²) in [6.07, 6.45) is 1.31. The van der Waals surface area contributed by atoms with Crippen molar-refractivity contribution in [1.82, 2.24) is 14.9 Å². The Hall–Kier alpha value is -3.36. The predicted octanol–water partition coefficient (Wildman–Crippen LogP) is 1.36. The number of fused-ring (bicyclic) bond motifs is 1. The second-order valence-electron chi connectivity index (χ2n) is 5.54. The molecule has 0 aliphatic rings. The number of amides is 1. The largest absolute Gasteiger partial charge is 0.478 e. The van der Waals surface area contributed by atoms with Gasteiger partial charge in [0.2, 0.25) is 5.71 Å². The molecule has 3 aromatic rings. The van der Waals surface area contributed by atoms with Crippen LogP contribution in [0.4, 0.5) is 0 Å². The molecule has 3 aromatic heterocycles. The van der Waals surface area contributed by atoms with Gasteiger partial charge >= 0.3 is 5.97 Å². The molecule has 130 valence electrons. The van der Waals surface area contributed by atoms with E-state index >= 15 is 0 Å². The van der Waals surface area contributed by atoms with Gasteiger partial charge in [0.25, 0.3) is 11.5 Å². The van der Waals surface area contributed by atoms with Gasteiger partial charge in [-0.1, -0.05) is 0 Å². The van der Waals surface area contributed by atoms with Gasteiger partial charge in [-0.3, -0.25) is 9.59 Å². The minimum absolute atomic E-state index is 0.0281. The van der Waals surface area contributed by atoms with Crippen molar-refractivity contribution in [1.29, 1.82) is 0 Å². The molecule has 0 saturated heterocycles. The summed E-state index contributed by atoms with van der Waals surface area (Å²) >= 11 is 0. The number of hydrogen-bond donors (Lipinski definition) is 2. The van der Waals surface area contributed by atoms with Crippen LogP contribution in [0, 0.1) is 13.8 Å². The van der Waals surface area contributed by atoms with Crippen LogP contribution in [0.15, 0.2) is 26.0 Å². The van der Waals surface area contributed by atoms with Crippen LogP contribution in [0.25, 0.3) is 11.1 Å². The van der Waals surface area contributed by atoms with E-state index in [1.54, 1.807) is 6.92 Å². The summed E-state index contributed by atoms with van der Waals surface area (Å²) in [4.78, 5) is 39.8. The highest BCUT2D eigenvalue weighted by Crippen LogP contribution is 2.21. The maximum absolute atomic E-state index is 12.5. The third-order valence-electron chi connectivity index (χ3n) is 3.80. The van der Waals surface area contributed by atoms with Crippen LogP contribution in [0.3, 0.4) is 0 Å². The van der Waals surface area contributed by atoms with Crippen molar-refractivity contribution in [2.24, 2.45) is 7.05 Å². The lowest BCUT2D eigenvalue weighted by Gasteiger charge is -2.03. The van der Waals surface area contributed by atoms with Crippen molar-refractivity contribution in [2.75, 3.05) is 0 Å². The van der Waals surface area contributed by atoms with Gasteiger partial charge in [0.1, 0.15) is 34.6 Å². The topological polar surface area (TPSA) is 128 Å². The Morgan fingerprint density at radius 2 is 2.00 bits per heavy atom. The Labute approximate surface area is 140 Å². The van der Waals surface area contributed by atoms with Crippen LogP contribution in [-0.2, 0) is 13.6 Å². The lowest BCUT2D eigenvalue weighted by atomic mass is 10.1. The minimum atomic E-state index is -1.11. The van der Waals surface area contributed by atoms with Gasteiger partial charge in [-0.25, -0.2) is 9.78 Å². The van der Waals surface area contributed by atoms with Crippen LogP contribution in [-0.4, -0.2) is 26.5 Å². The van der Waals surface area contributed by atoms with Crippen molar-refractivity contribution in [3.05, 3.63) is 51.2 Å². The first kappa shape index (κ1) is 16.5. The van der Waals surface area contributed by atoms with Crippen molar-refractivity contribution in [3.8, 4) is 0 Å². The predicted molar refractivity (Wildman–Crippen MR) is 85.6 cm³/mol. The highest BCUT2D eigenvalue weighted by Gasteiger charge is 2.23. The summed E-state index contributed by atoms with van der Waals surface area (Å²) in [6, 6.07) is 1.35. The number of carbonyl (C=O) groups excluding carboxylic acids is 1. The van der Waals surface area contributed by atoms with E-state index in [1.807, 2.05) is 0 Å². The van der Waals surface area contributed by atoms with E-state index in [9.17, 15) is 14.4 Å². The number of aromatic carboxylic acids is 1. The number of aromatic nitrogens is 2. The molecule has 1 amide bonds. The summed E-state index contributed by atoms with van der Waals surface area (Å²) in [6.45, 7) is 3.06. The molecule has 25 heavy (non-hydrogen) atoms. The standard InChI is InChI=1S/C16H15N3O6/c1-7-10(16(22)23)4-9(24-7)5-17-13(20)11-8(2)25-14-12(11)15(21)19(3)6-18-14/h4,6H,5H2,1-3H3,(H,17,20)(H,22,23). The maximum Gasteiger partial charge on any atom is 0.339 e. The van der Waals surface area contributed by atoms with E-state index in [1.165, 1.54) is 30.9 Å². The first-order chi connectivity index (χ1) is 11.8. The Morgan fingerprint density at radius 3 is 2.64 bits per heavy atom. The lowest BCUT2D eigenvalue weighted by molar-refractivity contribution is 0.0694. The van der Waals surface area contributed by atoms with Gasteiger partial charge in [-0.05, 0) is 19.9 Å². The number of carbonyl (C=O) groups is 2. The number of carboxylic acid groups (broad SMARTS) is 1. The van der Waals surface area contributed by atoms with Crippen LogP contribution in [0.1, 0.15) is 38.0 Å². The molecule has 0 radical (unpaired) electrons. The second-order valence-corrected chi connectivity index (χ2v) is 5.54. The van der Waals surface area contributed by atoms with E-state index in [-0.39, 0.29) is 40.3 Å². The summed E-state index contributed by atoms with van der Waals surface area (Å²) in [7, 11) is 1.53. The van der Waals surface area contributed by atoms with Crippen molar-refractivity contribution < 1.29 is 23.5 Å². The molecule has 0 spiro atoms. The third-order valence-corrected chi connectivity index (χ3v) is 3.80. The van der Waals surface area contributed by atoms with Crippen molar-refractivity contribution in [3.63, 3.8) is 0 Å². The fourth-order valence-corrected chi connectivity index (χ4v) is 2.56. The quantitative estimate of drug-likeness (QED) is 0.730. The zero-order valence-electron chi connectivity index (χ0n) is 13.7. The molecule has 3 rings (SSSR count). The Kier molecular flexibility index (Phi) is 3.91. The number of nitrogens with zero attached hydrogens (tertiary/aromatic N) is 2. The molecule has 0 bridgehead atoms. The van der Waals surface area contributed by atoms with Crippen LogP contribution < -0.4 is 10.9 Å². The van der Waals surface area contributed by atoms with Gasteiger partial charge in [-0.15, -0.1) is 0 Å². The molecule has 0 aliphatic carbocycles. The molecular formula is C16H15N3O6. The molecule has 0 atom stereocenters. The highest BCUT2D eigenvalue weighted by molar-refractivity contribution is 6.06. The van der Waals surface area contributed by atoms with Crippen LogP contribution >= 0.6 is 0 Å². The van der Waals surface area contributed by atoms with E-state index < -0.39 is 17.4 Å². The normalized spacial score (nSPS) is 11.0. The van der Waals surface area contributed by atoms with Crippen molar-refractivity contribution >= 4 is 23.0 Å². The fourth-order valence-electron chi connectivity index (χ4n) is 2.56. The number of carboxylic acids is 1. The number of aryl methyl sites for hydroxylation is 3. The molecule has 0 saturated carbocycles. The highest BCUT2D eigenvalue weighted by atomic mass is 16.4. The van der Waals surface area contributed by atoms with Gasteiger partial charge in [-0.2, -0.15) is 0 Å². The van der Waals surface area contributed by atoms with Crippen LogP contribution in [0.5, 0.6) is 0 Å². The van der Waals surface area contributed by atoms with Gasteiger partial charge < -0.3 is 23.8 Å². The SMILES string of the molecule is Cc1oc(CNC(=O)c2c(C)oc3ncn(C)c(=O)c23)cc1C(=O)O. The molecule has 2 N–H and O–H groups in total. The summed E-state index contributed by atoms with van der Waals surface area (Å²) in [5.41, 5.74) is -0.167. The number of rotatable bonds is 4. The Balaban J connectivity index is 1.89. The molecule has 9 heteroatoms. The molecule has 0 aliphatic heterocycles. The molecule has 0 fully saturated rings. The number of hydrogen-bond acceptors (Lipinski definition) is 6. The Morgan fingerprint density at radius 1 is 1.28 bits per heavy atom. The zero-order chi connectivity index (χ0) is 18.3. The van der Waals surface area contributed by atoms with E-state index in [2.05, 4.69) is 10.3 Å². The van der Waals surface area contributed by atoms with Crippen LogP contribution in [0.2, 0.25) is 0 Å². The summed E-state index contributed by atoms with van der Waals surface area (Å²) < 4.78 is 11.9. The van der Waals surface area contributed by atoms with Gasteiger partial charge in [0.05, 0.1) is 12.1 Å². The zero-order valence-corrected chi connectivity index (χ0v) is 13.7.